The first kappa shape index (κ1) is 14.5. The van der Waals surface area contributed by atoms with Crippen molar-refractivity contribution in [3.8, 4) is 0 Å². The zero-order chi connectivity index (χ0) is 13.4. The SMILES string of the molecule is C=CCCOCCNc1cc(C(F)(F)F)ccn1. The van der Waals surface area contributed by atoms with Crippen LogP contribution >= 0.6 is 0 Å². The number of rotatable bonds is 7. The molecule has 6 heteroatoms. The van der Waals surface area contributed by atoms with E-state index in [2.05, 4.69) is 16.9 Å². The van der Waals surface area contributed by atoms with Crippen LogP contribution in [0.15, 0.2) is 31.0 Å². The van der Waals surface area contributed by atoms with Crippen molar-refractivity contribution in [1.82, 2.24) is 4.98 Å². The third kappa shape index (κ3) is 5.18. The van der Waals surface area contributed by atoms with Gasteiger partial charge in [0.05, 0.1) is 18.8 Å². The second-order valence-corrected chi connectivity index (χ2v) is 3.54. The number of halogens is 3. The number of nitrogens with zero attached hydrogens (tertiary/aromatic N) is 1. The molecular formula is C12H15F3N2O. The summed E-state index contributed by atoms with van der Waals surface area (Å²) in [5.74, 6) is 0.192. The number of pyridine rings is 1. The first-order valence-corrected chi connectivity index (χ1v) is 5.50. The summed E-state index contributed by atoms with van der Waals surface area (Å²) in [6, 6.07) is 1.91. The lowest BCUT2D eigenvalue weighted by Crippen LogP contribution is -2.12. The quantitative estimate of drug-likeness (QED) is 0.604. The molecule has 1 rings (SSSR count). The molecule has 0 spiro atoms. The molecular weight excluding hydrogens is 245 g/mol. The van der Waals surface area contributed by atoms with Crippen molar-refractivity contribution in [3.05, 3.63) is 36.5 Å². The van der Waals surface area contributed by atoms with Gasteiger partial charge < -0.3 is 10.1 Å². The molecule has 0 amide bonds. The second-order valence-electron chi connectivity index (χ2n) is 3.54. The molecule has 1 aromatic heterocycles. The van der Waals surface area contributed by atoms with Crippen LogP contribution in [0.2, 0.25) is 0 Å². The van der Waals surface area contributed by atoms with E-state index in [1.165, 1.54) is 0 Å². The predicted octanol–water partition coefficient (Wildman–Crippen LogP) is 3.11. The van der Waals surface area contributed by atoms with Crippen LogP contribution in [-0.4, -0.2) is 24.7 Å². The van der Waals surface area contributed by atoms with Gasteiger partial charge in [-0.1, -0.05) is 6.08 Å². The van der Waals surface area contributed by atoms with Gasteiger partial charge in [-0.05, 0) is 18.6 Å². The Balaban J connectivity index is 2.36. The minimum Gasteiger partial charge on any atom is -0.379 e. The standard InChI is InChI=1S/C12H15F3N2O/c1-2-3-7-18-8-6-17-11-9-10(4-5-16-11)12(13,14)15/h2,4-5,9H,1,3,6-8H2,(H,16,17). The number of ether oxygens (including phenoxy) is 1. The van der Waals surface area contributed by atoms with Crippen molar-refractivity contribution < 1.29 is 17.9 Å². The lowest BCUT2D eigenvalue weighted by molar-refractivity contribution is -0.137. The molecule has 100 valence electrons. The number of anilines is 1. The van der Waals surface area contributed by atoms with Crippen LogP contribution in [-0.2, 0) is 10.9 Å². The summed E-state index contributed by atoms with van der Waals surface area (Å²) in [7, 11) is 0. The summed E-state index contributed by atoms with van der Waals surface area (Å²) in [5, 5.41) is 2.77. The molecule has 0 aliphatic heterocycles. The highest BCUT2D eigenvalue weighted by Gasteiger charge is 2.30. The third-order valence-corrected chi connectivity index (χ3v) is 2.11. The third-order valence-electron chi connectivity index (χ3n) is 2.11. The zero-order valence-electron chi connectivity index (χ0n) is 9.83. The monoisotopic (exact) mass is 260 g/mol. The number of hydrogen-bond acceptors (Lipinski definition) is 3. The summed E-state index contributed by atoms with van der Waals surface area (Å²) in [4.78, 5) is 3.80. The fourth-order valence-electron chi connectivity index (χ4n) is 1.22. The van der Waals surface area contributed by atoms with E-state index in [0.29, 0.717) is 19.8 Å². The minimum atomic E-state index is -4.35. The summed E-state index contributed by atoms with van der Waals surface area (Å²) < 4.78 is 42.4. The number of hydrogen-bond donors (Lipinski definition) is 1. The molecule has 0 saturated heterocycles. The van der Waals surface area contributed by atoms with Gasteiger partial charge >= 0.3 is 6.18 Å². The molecule has 1 heterocycles. The highest BCUT2D eigenvalue weighted by molar-refractivity contribution is 5.38. The van der Waals surface area contributed by atoms with Crippen LogP contribution in [0.3, 0.4) is 0 Å². The van der Waals surface area contributed by atoms with Crippen molar-refractivity contribution in [1.29, 1.82) is 0 Å². The molecule has 18 heavy (non-hydrogen) atoms. The van der Waals surface area contributed by atoms with E-state index >= 15 is 0 Å². The normalized spacial score (nSPS) is 11.3. The highest BCUT2D eigenvalue weighted by Crippen LogP contribution is 2.29. The van der Waals surface area contributed by atoms with E-state index in [9.17, 15) is 13.2 Å². The fourth-order valence-corrected chi connectivity index (χ4v) is 1.22. The van der Waals surface area contributed by atoms with Crippen molar-refractivity contribution in [2.24, 2.45) is 0 Å². The Kier molecular flexibility index (Phi) is 5.64. The molecule has 0 radical (unpaired) electrons. The van der Waals surface area contributed by atoms with Crippen LogP contribution in [0.25, 0.3) is 0 Å². The molecule has 0 aromatic carbocycles. The van der Waals surface area contributed by atoms with E-state index in [1.54, 1.807) is 6.08 Å². The molecule has 1 aromatic rings. The molecule has 0 aliphatic carbocycles. The van der Waals surface area contributed by atoms with Crippen LogP contribution < -0.4 is 5.32 Å². The fraction of sp³-hybridized carbons (Fsp3) is 0.417. The van der Waals surface area contributed by atoms with Crippen LogP contribution in [0.5, 0.6) is 0 Å². The first-order valence-electron chi connectivity index (χ1n) is 5.50. The summed E-state index contributed by atoms with van der Waals surface area (Å²) in [6.07, 6.45) is -0.729. The number of nitrogens with one attached hydrogen (secondary N) is 1. The molecule has 3 nitrogen and oxygen atoms in total. The lowest BCUT2D eigenvalue weighted by Gasteiger charge is -2.09. The van der Waals surface area contributed by atoms with Gasteiger partial charge in [0.1, 0.15) is 5.82 Å². The molecule has 0 saturated carbocycles. The van der Waals surface area contributed by atoms with E-state index in [0.717, 1.165) is 24.8 Å². The summed E-state index contributed by atoms with van der Waals surface area (Å²) in [6.45, 7) is 4.92. The molecule has 0 fully saturated rings. The van der Waals surface area contributed by atoms with Crippen LogP contribution in [0.1, 0.15) is 12.0 Å². The molecule has 0 atom stereocenters. The van der Waals surface area contributed by atoms with Crippen LogP contribution in [0.4, 0.5) is 19.0 Å². The Labute approximate surface area is 104 Å². The van der Waals surface area contributed by atoms with Gasteiger partial charge in [-0.3, -0.25) is 0 Å². The van der Waals surface area contributed by atoms with E-state index < -0.39 is 11.7 Å². The largest absolute Gasteiger partial charge is 0.416 e. The molecule has 0 aliphatic rings. The van der Waals surface area contributed by atoms with E-state index in [4.69, 9.17) is 4.74 Å². The second kappa shape index (κ2) is 7.00. The average Bonchev–Trinajstić information content (AvgIpc) is 2.33. The van der Waals surface area contributed by atoms with Gasteiger partial charge in [-0.2, -0.15) is 13.2 Å². The van der Waals surface area contributed by atoms with Crippen molar-refractivity contribution >= 4 is 5.82 Å². The molecule has 1 N–H and O–H groups in total. The van der Waals surface area contributed by atoms with Gasteiger partial charge in [-0.15, -0.1) is 6.58 Å². The van der Waals surface area contributed by atoms with Crippen molar-refractivity contribution in [2.45, 2.75) is 12.6 Å². The van der Waals surface area contributed by atoms with Gasteiger partial charge in [-0.25, -0.2) is 4.98 Å². The first-order chi connectivity index (χ1) is 8.54. The predicted molar refractivity (Wildman–Crippen MR) is 63.4 cm³/mol. The maximum atomic E-state index is 12.4. The Bertz CT molecular complexity index is 380. The summed E-state index contributed by atoms with van der Waals surface area (Å²) in [5.41, 5.74) is -0.715. The van der Waals surface area contributed by atoms with Gasteiger partial charge in [0.25, 0.3) is 0 Å². The topological polar surface area (TPSA) is 34.1 Å². The Morgan fingerprint density at radius 3 is 2.83 bits per heavy atom. The maximum absolute atomic E-state index is 12.4. The zero-order valence-corrected chi connectivity index (χ0v) is 9.83. The Hall–Kier alpha value is -1.56. The average molecular weight is 260 g/mol. The van der Waals surface area contributed by atoms with E-state index in [1.807, 2.05) is 0 Å². The number of alkyl halides is 3. The highest BCUT2D eigenvalue weighted by atomic mass is 19.4. The number of aromatic nitrogens is 1. The van der Waals surface area contributed by atoms with Gasteiger partial charge in [0, 0.05) is 12.7 Å². The smallest absolute Gasteiger partial charge is 0.379 e. The minimum absolute atomic E-state index is 0.192. The lowest BCUT2D eigenvalue weighted by atomic mass is 10.2. The van der Waals surface area contributed by atoms with Crippen molar-refractivity contribution in [2.75, 3.05) is 25.1 Å². The maximum Gasteiger partial charge on any atom is 0.416 e. The summed E-state index contributed by atoms with van der Waals surface area (Å²) >= 11 is 0. The van der Waals surface area contributed by atoms with Crippen LogP contribution in [0, 0.1) is 0 Å². The van der Waals surface area contributed by atoms with Gasteiger partial charge in [0.15, 0.2) is 0 Å². The van der Waals surface area contributed by atoms with Crippen molar-refractivity contribution in [3.63, 3.8) is 0 Å². The Morgan fingerprint density at radius 2 is 2.17 bits per heavy atom. The van der Waals surface area contributed by atoms with E-state index in [-0.39, 0.29) is 5.82 Å². The molecule has 0 bridgehead atoms. The van der Waals surface area contributed by atoms with Gasteiger partial charge in [0.2, 0.25) is 0 Å². The molecule has 0 unspecified atom stereocenters. The Morgan fingerprint density at radius 1 is 1.39 bits per heavy atom.